The topological polar surface area (TPSA) is 37.6 Å². The van der Waals surface area contributed by atoms with Crippen LogP contribution in [0.15, 0.2) is 222 Å². The Morgan fingerprint density at radius 3 is 0.536 bits per heavy atom. The van der Waals surface area contributed by atoms with Crippen LogP contribution in [0.2, 0.25) is 0 Å². The average Bonchev–Trinajstić information content (AvgIpc) is 3.58. The number of benzene rings is 8. The fourth-order valence-corrected chi connectivity index (χ4v) is 11.8. The van der Waals surface area contributed by atoms with E-state index in [0.717, 1.165) is 22.8 Å². The highest BCUT2D eigenvalue weighted by molar-refractivity contribution is 5.84. The predicted molar refractivity (Wildman–Crippen MR) is 360 cm³/mol. The highest BCUT2D eigenvalue weighted by Crippen LogP contribution is 2.49. The molecule has 84 heavy (non-hydrogen) atoms. The first kappa shape index (κ1) is 60.8. The Bertz CT molecular complexity index is 3190. The number of hydrogen-bond donors (Lipinski definition) is 0. The van der Waals surface area contributed by atoms with Crippen molar-refractivity contribution < 1.29 is 0 Å². The van der Waals surface area contributed by atoms with E-state index in [0.29, 0.717) is 0 Å². The van der Waals surface area contributed by atoms with Crippen molar-refractivity contribution in [1.29, 1.82) is 0 Å². The second kappa shape index (κ2) is 23.0. The molecule has 0 N–H and O–H groups in total. The zero-order valence-electron chi connectivity index (χ0n) is 53.7. The molecule has 1 heterocycles. The molecule has 0 aliphatic rings. The van der Waals surface area contributed by atoms with E-state index < -0.39 is 10.8 Å². The molecular formula is C81H91N3. The van der Waals surface area contributed by atoms with Gasteiger partial charge in [0.1, 0.15) is 0 Å². The summed E-state index contributed by atoms with van der Waals surface area (Å²) in [6, 6.07) is 79.6. The van der Waals surface area contributed by atoms with Crippen molar-refractivity contribution in [2.24, 2.45) is 9.98 Å². The fraction of sp³-hybridized carbons (Fsp3) is 0.321. The number of hydrogen-bond acceptors (Lipinski definition) is 3. The number of aliphatic imine (C=N–C) groups is 2. The molecule has 9 rings (SSSR count). The largest absolute Gasteiger partial charge is 0.255 e. The van der Waals surface area contributed by atoms with E-state index in [1.165, 1.54) is 77.9 Å². The summed E-state index contributed by atoms with van der Waals surface area (Å²) in [5, 5.41) is 0. The van der Waals surface area contributed by atoms with Gasteiger partial charge in [0.2, 0.25) is 0 Å². The molecule has 0 aliphatic heterocycles. The summed E-state index contributed by atoms with van der Waals surface area (Å²) in [6.45, 7) is 41.1. The highest BCUT2D eigenvalue weighted by atomic mass is 14.8. The first-order valence-corrected chi connectivity index (χ1v) is 30.3. The third-order valence-electron chi connectivity index (χ3n) is 17.2. The summed E-state index contributed by atoms with van der Waals surface area (Å²) < 4.78 is 0. The summed E-state index contributed by atoms with van der Waals surface area (Å²) in [4.78, 5) is 15.0. The summed E-state index contributed by atoms with van der Waals surface area (Å²) in [5.74, 6) is 0. The lowest BCUT2D eigenvalue weighted by Crippen LogP contribution is -2.31. The van der Waals surface area contributed by atoms with Crippen LogP contribution >= 0.6 is 0 Å². The van der Waals surface area contributed by atoms with Crippen LogP contribution in [-0.4, -0.2) is 17.4 Å². The van der Waals surface area contributed by atoms with Crippen molar-refractivity contribution in [3.05, 3.63) is 302 Å². The molecular weight excluding hydrogens is 1010 g/mol. The maximum absolute atomic E-state index is 5.02. The summed E-state index contributed by atoms with van der Waals surface area (Å²) in [7, 11) is 0. The molecule has 430 valence electrons. The zero-order valence-corrected chi connectivity index (χ0v) is 53.7. The Morgan fingerprint density at radius 1 is 0.214 bits per heavy atom. The van der Waals surface area contributed by atoms with E-state index in [1.54, 1.807) is 0 Å². The Hall–Kier alpha value is -7.75. The Labute approximate surface area is 505 Å². The lowest BCUT2D eigenvalue weighted by Gasteiger charge is -2.38. The second-order valence-corrected chi connectivity index (χ2v) is 29.6. The van der Waals surface area contributed by atoms with Crippen molar-refractivity contribution in [2.45, 2.75) is 168 Å². The van der Waals surface area contributed by atoms with E-state index in [2.05, 4.69) is 319 Å². The maximum Gasteiger partial charge on any atom is 0.0820 e. The number of nitrogens with zero attached hydrogens (tertiary/aromatic N) is 3. The van der Waals surface area contributed by atoms with E-state index in [4.69, 9.17) is 15.0 Å². The van der Waals surface area contributed by atoms with E-state index in [1.807, 2.05) is 30.6 Å². The lowest BCUT2D eigenvalue weighted by molar-refractivity contribution is 0.586. The van der Waals surface area contributed by atoms with Crippen molar-refractivity contribution in [3.8, 4) is 0 Å². The zero-order chi connectivity index (χ0) is 60.7. The van der Waals surface area contributed by atoms with Gasteiger partial charge in [-0.25, -0.2) is 4.98 Å². The first-order chi connectivity index (χ1) is 39.4. The molecule has 0 saturated heterocycles. The second-order valence-electron chi connectivity index (χ2n) is 29.6. The molecule has 0 aliphatic carbocycles. The van der Waals surface area contributed by atoms with Gasteiger partial charge in [-0.05, 0) is 147 Å². The fourth-order valence-electron chi connectivity index (χ4n) is 11.8. The summed E-state index contributed by atoms with van der Waals surface area (Å²) in [6.07, 6.45) is 3.71. The molecule has 3 heteroatoms. The van der Waals surface area contributed by atoms with Gasteiger partial charge in [0.05, 0.1) is 46.0 Å². The third-order valence-corrected chi connectivity index (χ3v) is 17.2. The van der Waals surface area contributed by atoms with E-state index in [9.17, 15) is 0 Å². The normalized spacial score (nSPS) is 13.3. The molecule has 0 fully saturated rings. The van der Waals surface area contributed by atoms with Gasteiger partial charge in [0.25, 0.3) is 0 Å². The van der Waals surface area contributed by atoms with Gasteiger partial charge in [0, 0.05) is 0 Å². The molecule has 0 amide bonds. The van der Waals surface area contributed by atoms with Gasteiger partial charge in [-0.3, -0.25) is 9.98 Å². The van der Waals surface area contributed by atoms with Crippen LogP contribution in [0.4, 0.5) is 11.4 Å². The van der Waals surface area contributed by atoms with Gasteiger partial charge < -0.3 is 0 Å². The molecule has 0 unspecified atom stereocenters. The first-order valence-electron chi connectivity index (χ1n) is 30.3. The third kappa shape index (κ3) is 12.8. The van der Waals surface area contributed by atoms with Gasteiger partial charge in [0.15, 0.2) is 0 Å². The van der Waals surface area contributed by atoms with Crippen molar-refractivity contribution in [2.75, 3.05) is 0 Å². The number of pyridine rings is 1. The van der Waals surface area contributed by atoms with Crippen LogP contribution in [-0.2, 0) is 43.3 Å². The molecule has 0 bridgehead atoms. The van der Waals surface area contributed by atoms with Crippen LogP contribution in [0.3, 0.4) is 0 Å². The van der Waals surface area contributed by atoms with Crippen LogP contribution < -0.4 is 0 Å². The van der Waals surface area contributed by atoms with Crippen LogP contribution in [0.1, 0.15) is 214 Å². The summed E-state index contributed by atoms with van der Waals surface area (Å²) >= 11 is 0. The molecule has 0 saturated carbocycles. The molecule has 0 spiro atoms. The molecule has 8 aromatic carbocycles. The number of aromatic nitrogens is 1. The maximum atomic E-state index is 5.02. The monoisotopic (exact) mass is 1110 g/mol. The Kier molecular flexibility index (Phi) is 16.7. The minimum absolute atomic E-state index is 0.0212. The molecule has 1 aromatic heterocycles. The average molecular weight is 1110 g/mol. The van der Waals surface area contributed by atoms with E-state index in [-0.39, 0.29) is 32.5 Å². The Morgan fingerprint density at radius 2 is 0.369 bits per heavy atom. The number of rotatable bonds is 12. The quantitative estimate of drug-likeness (QED) is 0.0887. The molecule has 3 nitrogen and oxygen atoms in total. The van der Waals surface area contributed by atoms with Gasteiger partial charge in [-0.15, -0.1) is 0 Å². The van der Waals surface area contributed by atoms with Crippen LogP contribution in [0.25, 0.3) is 0 Å². The standard InChI is InChI=1S/C81H91N3/c1-74(2,3)56-22-34-62(35-23-56)80(63-36-24-57(25-37-63)75(4,5)6,64-38-26-58(27-39-64)76(7,8)9)68-46-50-70(51-47-68)82-54-72-20-19-21-73(84-72)55-83-71-52-48-69(49-53-71)81(65-40-28-59(29-41-65)77(10,11)12,66-42-30-60(31-43-66)78(13,14)15)67-44-32-61(33-45-67)79(16,17)18/h19-55H,1-18H3. The summed E-state index contributed by atoms with van der Waals surface area (Å²) in [5.41, 5.74) is 19.6. The SMILES string of the molecule is CC(C)(C)c1ccc(C(c2ccc(N=Cc3cccc(C=Nc4ccc(C(c5ccc(C(C)(C)C)cc5)(c5ccc(C(C)(C)C)cc5)c5ccc(C(C)(C)C)cc5)cc4)n3)cc2)(c2ccc(C(C)(C)C)cc2)c2ccc(C(C)(C)C)cc2)cc1. The molecule has 0 atom stereocenters. The Balaban J connectivity index is 1.05. The van der Waals surface area contributed by atoms with Crippen molar-refractivity contribution in [1.82, 2.24) is 4.98 Å². The van der Waals surface area contributed by atoms with Crippen LogP contribution in [0.5, 0.6) is 0 Å². The van der Waals surface area contributed by atoms with Crippen LogP contribution in [0, 0.1) is 0 Å². The highest BCUT2D eigenvalue weighted by Gasteiger charge is 2.41. The van der Waals surface area contributed by atoms with Gasteiger partial charge >= 0.3 is 0 Å². The van der Waals surface area contributed by atoms with Gasteiger partial charge in [-0.2, -0.15) is 0 Å². The van der Waals surface area contributed by atoms with E-state index >= 15 is 0 Å². The minimum Gasteiger partial charge on any atom is -0.255 e. The molecule has 9 aromatic rings. The smallest absolute Gasteiger partial charge is 0.0820 e. The molecule has 0 radical (unpaired) electrons. The van der Waals surface area contributed by atoms with Gasteiger partial charge in [-0.1, -0.05) is 301 Å². The predicted octanol–water partition coefficient (Wildman–Crippen LogP) is 21.1. The van der Waals surface area contributed by atoms with Crippen molar-refractivity contribution >= 4 is 23.8 Å². The lowest BCUT2D eigenvalue weighted by atomic mass is 9.64. The van der Waals surface area contributed by atoms with Crippen molar-refractivity contribution in [3.63, 3.8) is 0 Å². The minimum atomic E-state index is -0.612.